The summed E-state index contributed by atoms with van der Waals surface area (Å²) < 4.78 is 6.22. The minimum atomic E-state index is 0.718. The fourth-order valence-corrected chi connectivity index (χ4v) is 5.59. The quantitative estimate of drug-likeness (QED) is 0.243. The van der Waals surface area contributed by atoms with Gasteiger partial charge in [-0.05, 0) is 52.2 Å². The van der Waals surface area contributed by atoms with E-state index in [1.807, 2.05) is 30.3 Å². The lowest BCUT2D eigenvalue weighted by Gasteiger charge is -2.10. The van der Waals surface area contributed by atoms with Crippen LogP contribution in [0.4, 0.5) is 0 Å². The van der Waals surface area contributed by atoms with Gasteiger partial charge in [0.15, 0.2) is 5.82 Å². The molecule has 0 unspecified atom stereocenters. The van der Waals surface area contributed by atoms with Crippen molar-refractivity contribution in [2.45, 2.75) is 0 Å². The van der Waals surface area contributed by atoms with Crippen molar-refractivity contribution >= 4 is 43.6 Å². The molecule has 0 bridgehead atoms. The number of rotatable bonds is 3. The van der Waals surface area contributed by atoms with E-state index in [1.54, 1.807) is 0 Å². The topological polar surface area (TPSA) is 38.9 Å². The Bertz CT molecular complexity index is 2180. The van der Waals surface area contributed by atoms with Gasteiger partial charge in [0.05, 0.1) is 11.2 Å². The molecule has 39 heavy (non-hydrogen) atoms. The third kappa shape index (κ3) is 3.59. The molecule has 0 saturated carbocycles. The molecule has 0 spiro atoms. The van der Waals surface area contributed by atoms with Crippen LogP contribution in [-0.4, -0.2) is 9.97 Å². The first-order chi connectivity index (χ1) is 19.3. The SMILES string of the molecule is c1ccc(-c2nc(-c3cccc(-c4ccc5oc6ccc7ccccc7c6c5c4)c3)nc3ccccc23)cc1. The van der Waals surface area contributed by atoms with Gasteiger partial charge in [-0.1, -0.05) is 103 Å². The standard InChI is InChI=1S/C36H22N2O/c1-2-10-24(11-3-1)35-29-15-6-7-16-31(29)37-36(38-35)27-13-8-12-25(21-27)26-18-19-32-30(22-26)34-28-14-5-4-9-23(28)17-20-33(34)39-32/h1-22H. The van der Waals surface area contributed by atoms with Crippen LogP contribution in [0.2, 0.25) is 0 Å². The van der Waals surface area contributed by atoms with Crippen LogP contribution in [-0.2, 0) is 0 Å². The van der Waals surface area contributed by atoms with Crippen molar-refractivity contribution in [2.75, 3.05) is 0 Å². The highest BCUT2D eigenvalue weighted by molar-refractivity contribution is 6.19. The highest BCUT2D eigenvalue weighted by atomic mass is 16.3. The average molecular weight is 499 g/mol. The van der Waals surface area contributed by atoms with Gasteiger partial charge in [-0.25, -0.2) is 9.97 Å². The first-order valence-corrected chi connectivity index (χ1v) is 13.1. The highest BCUT2D eigenvalue weighted by Crippen LogP contribution is 2.37. The Labute approximate surface area is 225 Å². The number of benzene rings is 6. The average Bonchev–Trinajstić information content (AvgIpc) is 3.39. The summed E-state index contributed by atoms with van der Waals surface area (Å²) in [6.07, 6.45) is 0. The lowest BCUT2D eigenvalue weighted by Crippen LogP contribution is -1.95. The molecule has 182 valence electrons. The molecule has 0 aliphatic carbocycles. The Hall–Kier alpha value is -5.28. The fraction of sp³-hybridized carbons (Fsp3) is 0. The zero-order valence-corrected chi connectivity index (χ0v) is 21.0. The normalized spacial score (nSPS) is 11.6. The van der Waals surface area contributed by atoms with Crippen LogP contribution in [0.5, 0.6) is 0 Å². The number of aromatic nitrogens is 2. The lowest BCUT2D eigenvalue weighted by molar-refractivity contribution is 0.669. The summed E-state index contributed by atoms with van der Waals surface area (Å²) in [6, 6.07) is 46.1. The number of furan rings is 1. The van der Waals surface area contributed by atoms with Gasteiger partial charge in [0, 0.05) is 27.3 Å². The summed E-state index contributed by atoms with van der Waals surface area (Å²) in [5.74, 6) is 0.718. The van der Waals surface area contributed by atoms with Crippen molar-refractivity contribution in [3.63, 3.8) is 0 Å². The highest BCUT2D eigenvalue weighted by Gasteiger charge is 2.14. The number of para-hydroxylation sites is 1. The van der Waals surface area contributed by atoms with Gasteiger partial charge in [0.1, 0.15) is 11.2 Å². The van der Waals surface area contributed by atoms with Crippen molar-refractivity contribution < 1.29 is 4.42 Å². The van der Waals surface area contributed by atoms with Crippen LogP contribution in [0.1, 0.15) is 0 Å². The molecular weight excluding hydrogens is 476 g/mol. The largest absolute Gasteiger partial charge is 0.456 e. The van der Waals surface area contributed by atoms with E-state index < -0.39 is 0 Å². The van der Waals surface area contributed by atoms with E-state index in [0.717, 1.165) is 66.6 Å². The molecule has 2 aromatic heterocycles. The monoisotopic (exact) mass is 498 g/mol. The van der Waals surface area contributed by atoms with Gasteiger partial charge < -0.3 is 4.42 Å². The van der Waals surface area contributed by atoms with E-state index in [0.29, 0.717) is 0 Å². The predicted octanol–water partition coefficient (Wildman–Crippen LogP) is 9.68. The lowest BCUT2D eigenvalue weighted by atomic mass is 9.98. The zero-order valence-electron chi connectivity index (χ0n) is 21.0. The molecule has 8 aromatic rings. The molecule has 0 radical (unpaired) electrons. The Balaban J connectivity index is 1.30. The molecule has 0 aliphatic rings. The zero-order chi connectivity index (χ0) is 25.8. The molecule has 0 N–H and O–H groups in total. The van der Waals surface area contributed by atoms with Crippen molar-refractivity contribution in [2.24, 2.45) is 0 Å². The molecular formula is C36H22N2O. The van der Waals surface area contributed by atoms with Crippen molar-refractivity contribution in [3.05, 3.63) is 133 Å². The number of nitrogens with zero attached hydrogens (tertiary/aromatic N) is 2. The molecule has 3 heteroatoms. The second-order valence-electron chi connectivity index (χ2n) is 9.83. The summed E-state index contributed by atoms with van der Waals surface area (Å²) in [5, 5.41) is 5.75. The third-order valence-electron chi connectivity index (χ3n) is 7.46. The van der Waals surface area contributed by atoms with Crippen molar-refractivity contribution in [1.29, 1.82) is 0 Å². The van der Waals surface area contributed by atoms with Crippen molar-refractivity contribution in [1.82, 2.24) is 9.97 Å². The number of hydrogen-bond acceptors (Lipinski definition) is 3. The minimum absolute atomic E-state index is 0.718. The van der Waals surface area contributed by atoms with E-state index in [4.69, 9.17) is 14.4 Å². The molecule has 2 heterocycles. The molecule has 0 saturated heterocycles. The van der Waals surface area contributed by atoms with Gasteiger partial charge in [-0.2, -0.15) is 0 Å². The van der Waals surface area contributed by atoms with Crippen LogP contribution in [0.25, 0.3) is 77.4 Å². The van der Waals surface area contributed by atoms with Crippen LogP contribution in [0.15, 0.2) is 138 Å². The smallest absolute Gasteiger partial charge is 0.160 e. The summed E-state index contributed by atoms with van der Waals surface area (Å²) in [7, 11) is 0. The maximum absolute atomic E-state index is 6.22. The van der Waals surface area contributed by atoms with Crippen molar-refractivity contribution in [3.8, 4) is 33.8 Å². The van der Waals surface area contributed by atoms with Gasteiger partial charge in [-0.3, -0.25) is 0 Å². The van der Waals surface area contributed by atoms with E-state index in [9.17, 15) is 0 Å². The van der Waals surface area contributed by atoms with Gasteiger partial charge in [-0.15, -0.1) is 0 Å². The molecule has 0 aliphatic heterocycles. The fourth-order valence-electron chi connectivity index (χ4n) is 5.59. The molecule has 0 amide bonds. The van der Waals surface area contributed by atoms with Crippen LogP contribution in [0, 0.1) is 0 Å². The Morgan fingerprint density at radius 3 is 2.08 bits per heavy atom. The third-order valence-corrected chi connectivity index (χ3v) is 7.46. The Morgan fingerprint density at radius 1 is 0.436 bits per heavy atom. The van der Waals surface area contributed by atoms with E-state index in [2.05, 4.69) is 103 Å². The number of hydrogen-bond donors (Lipinski definition) is 0. The van der Waals surface area contributed by atoms with Gasteiger partial charge >= 0.3 is 0 Å². The molecule has 0 fully saturated rings. The second kappa shape index (κ2) is 8.64. The maximum atomic E-state index is 6.22. The molecule has 8 rings (SSSR count). The Morgan fingerprint density at radius 2 is 1.15 bits per heavy atom. The molecule has 3 nitrogen and oxygen atoms in total. The minimum Gasteiger partial charge on any atom is -0.456 e. The summed E-state index contributed by atoms with van der Waals surface area (Å²) in [5.41, 5.74) is 7.99. The van der Waals surface area contributed by atoms with E-state index in [-0.39, 0.29) is 0 Å². The molecule has 6 aromatic carbocycles. The van der Waals surface area contributed by atoms with E-state index in [1.165, 1.54) is 10.8 Å². The maximum Gasteiger partial charge on any atom is 0.160 e. The van der Waals surface area contributed by atoms with Crippen LogP contribution < -0.4 is 0 Å². The number of fused-ring (bicyclic) bond motifs is 6. The summed E-state index contributed by atoms with van der Waals surface area (Å²) >= 11 is 0. The van der Waals surface area contributed by atoms with Gasteiger partial charge in [0.2, 0.25) is 0 Å². The molecule has 0 atom stereocenters. The van der Waals surface area contributed by atoms with E-state index >= 15 is 0 Å². The van der Waals surface area contributed by atoms with Gasteiger partial charge in [0.25, 0.3) is 0 Å². The first kappa shape index (κ1) is 21.8. The summed E-state index contributed by atoms with van der Waals surface area (Å²) in [6.45, 7) is 0. The summed E-state index contributed by atoms with van der Waals surface area (Å²) in [4.78, 5) is 10.0. The first-order valence-electron chi connectivity index (χ1n) is 13.1. The van der Waals surface area contributed by atoms with Crippen LogP contribution >= 0.6 is 0 Å². The second-order valence-corrected chi connectivity index (χ2v) is 9.83. The Kier molecular flexibility index (Phi) is 4.82. The predicted molar refractivity (Wildman–Crippen MR) is 161 cm³/mol. The van der Waals surface area contributed by atoms with Crippen LogP contribution in [0.3, 0.4) is 0 Å².